The summed E-state index contributed by atoms with van der Waals surface area (Å²) >= 11 is 0. The van der Waals surface area contributed by atoms with Gasteiger partial charge in [-0.15, -0.1) is 0 Å². The Hall–Kier alpha value is -1.97. The van der Waals surface area contributed by atoms with Gasteiger partial charge in [0, 0.05) is 23.9 Å². The molecule has 2 saturated carbocycles. The van der Waals surface area contributed by atoms with Crippen molar-refractivity contribution in [1.29, 1.82) is 0 Å². The zero-order valence-corrected chi connectivity index (χ0v) is 11.9. The van der Waals surface area contributed by atoms with Crippen LogP contribution < -0.4 is 5.32 Å². The van der Waals surface area contributed by atoms with Gasteiger partial charge < -0.3 is 5.32 Å². The Morgan fingerprint density at radius 1 is 1.40 bits per heavy atom. The molecule has 3 rings (SSSR count). The van der Waals surface area contributed by atoms with Crippen molar-refractivity contribution in [2.45, 2.75) is 27.2 Å². The topological polar surface area (TPSA) is 59.1 Å². The summed E-state index contributed by atoms with van der Waals surface area (Å²) in [6, 6.07) is 5.19. The second-order valence-electron chi connectivity index (χ2n) is 6.24. The van der Waals surface area contributed by atoms with E-state index in [1.807, 2.05) is 6.92 Å². The zero-order valence-electron chi connectivity index (χ0n) is 11.9. The molecule has 1 aromatic rings. The Morgan fingerprint density at radius 3 is 2.75 bits per heavy atom. The summed E-state index contributed by atoms with van der Waals surface area (Å²) in [6.45, 7) is 6.18. The van der Waals surface area contributed by atoms with Crippen molar-refractivity contribution in [3.05, 3.63) is 41.4 Å². The van der Waals surface area contributed by atoms with E-state index in [1.165, 1.54) is 0 Å². The molecular formula is C16H18N2O2. The maximum atomic E-state index is 12.1. The number of carbonyl (C=O) groups is 2. The molecule has 1 aromatic heterocycles. The molecule has 2 fully saturated rings. The lowest BCUT2D eigenvalue weighted by Gasteiger charge is -2.13. The highest BCUT2D eigenvalue weighted by molar-refractivity contribution is 6.02. The highest BCUT2D eigenvalue weighted by Gasteiger charge is 2.65. The van der Waals surface area contributed by atoms with E-state index in [2.05, 4.69) is 24.1 Å². The van der Waals surface area contributed by atoms with E-state index in [4.69, 9.17) is 0 Å². The Bertz CT molecular complexity index is 617. The third-order valence-electron chi connectivity index (χ3n) is 4.67. The Kier molecular flexibility index (Phi) is 2.78. The van der Waals surface area contributed by atoms with Crippen molar-refractivity contribution in [3.63, 3.8) is 0 Å². The van der Waals surface area contributed by atoms with Crippen LogP contribution in [0.25, 0.3) is 0 Å². The predicted molar refractivity (Wildman–Crippen MR) is 74.8 cm³/mol. The van der Waals surface area contributed by atoms with Gasteiger partial charge in [0.15, 0.2) is 5.78 Å². The van der Waals surface area contributed by atoms with Gasteiger partial charge in [-0.25, -0.2) is 0 Å². The molecule has 0 bridgehead atoms. The van der Waals surface area contributed by atoms with Crippen LogP contribution in [0.2, 0.25) is 0 Å². The molecule has 0 radical (unpaired) electrons. The second kappa shape index (κ2) is 4.27. The highest BCUT2D eigenvalue weighted by Crippen LogP contribution is 2.68. The molecule has 0 aliphatic heterocycles. The quantitative estimate of drug-likeness (QED) is 0.839. The average molecular weight is 270 g/mol. The summed E-state index contributed by atoms with van der Waals surface area (Å²) in [7, 11) is 0. The number of hydrogen-bond acceptors (Lipinski definition) is 3. The van der Waals surface area contributed by atoms with Gasteiger partial charge >= 0.3 is 0 Å². The minimum atomic E-state index is -0.259. The molecule has 4 nitrogen and oxygen atoms in total. The Labute approximate surface area is 118 Å². The number of amides is 1. The lowest BCUT2D eigenvalue weighted by atomic mass is 9.95. The van der Waals surface area contributed by atoms with Gasteiger partial charge in [-0.05, 0) is 36.3 Å². The number of fused-ring (bicyclic) bond motifs is 1. The standard InChI is InChI=1S/C16H18N2O2/c1-9(18-15(20)11-6-4-5-7-17-11)13-12(19)8-10-14(13)16(10,2)3/h4-7,10,14H,8H2,1-3H3,(H,18,20)/t10-,14+/m1/s1. The van der Waals surface area contributed by atoms with Crippen molar-refractivity contribution in [3.8, 4) is 0 Å². The molecule has 2 aliphatic rings. The zero-order chi connectivity index (χ0) is 14.5. The average Bonchev–Trinajstić information content (AvgIpc) is 2.78. The Balaban J connectivity index is 1.82. The van der Waals surface area contributed by atoms with E-state index < -0.39 is 0 Å². The number of ketones is 1. The third-order valence-corrected chi connectivity index (χ3v) is 4.67. The lowest BCUT2D eigenvalue weighted by molar-refractivity contribution is -0.115. The van der Waals surface area contributed by atoms with E-state index >= 15 is 0 Å². The van der Waals surface area contributed by atoms with Crippen LogP contribution in [0.5, 0.6) is 0 Å². The van der Waals surface area contributed by atoms with Crippen LogP contribution >= 0.6 is 0 Å². The number of pyridine rings is 1. The van der Waals surface area contributed by atoms with E-state index in [1.54, 1.807) is 24.4 Å². The van der Waals surface area contributed by atoms with Gasteiger partial charge in [-0.2, -0.15) is 0 Å². The van der Waals surface area contributed by atoms with Crippen molar-refractivity contribution >= 4 is 11.7 Å². The van der Waals surface area contributed by atoms with Gasteiger partial charge in [0.2, 0.25) is 0 Å². The summed E-state index contributed by atoms with van der Waals surface area (Å²) in [5.41, 5.74) is 2.05. The first-order chi connectivity index (χ1) is 9.43. The minimum Gasteiger partial charge on any atom is -0.324 e. The number of aromatic nitrogens is 1. The molecule has 2 atom stereocenters. The molecule has 0 spiro atoms. The molecule has 2 aliphatic carbocycles. The van der Waals surface area contributed by atoms with Crippen molar-refractivity contribution in [1.82, 2.24) is 10.3 Å². The van der Waals surface area contributed by atoms with Crippen LogP contribution in [-0.2, 0) is 4.79 Å². The first-order valence-electron chi connectivity index (χ1n) is 6.89. The Morgan fingerprint density at radius 2 is 2.15 bits per heavy atom. The molecule has 1 amide bonds. The molecule has 0 unspecified atom stereocenters. The fraction of sp³-hybridized carbons (Fsp3) is 0.438. The monoisotopic (exact) mass is 270 g/mol. The van der Waals surface area contributed by atoms with Gasteiger partial charge in [0.25, 0.3) is 5.91 Å². The summed E-state index contributed by atoms with van der Waals surface area (Å²) < 4.78 is 0. The van der Waals surface area contributed by atoms with Gasteiger partial charge in [0.1, 0.15) is 5.69 Å². The molecular weight excluding hydrogens is 252 g/mol. The molecule has 4 heteroatoms. The van der Waals surface area contributed by atoms with Gasteiger partial charge in [-0.1, -0.05) is 19.9 Å². The van der Waals surface area contributed by atoms with E-state index in [-0.39, 0.29) is 17.1 Å². The normalized spacial score (nSPS) is 28.9. The van der Waals surface area contributed by atoms with Gasteiger partial charge in [-0.3, -0.25) is 14.6 Å². The second-order valence-corrected chi connectivity index (χ2v) is 6.24. The molecule has 1 heterocycles. The number of Topliss-reactive ketones (excluding diaryl/α,β-unsaturated/α-hetero) is 1. The summed E-state index contributed by atoms with van der Waals surface area (Å²) in [5, 5.41) is 2.82. The molecule has 20 heavy (non-hydrogen) atoms. The number of rotatable bonds is 2. The smallest absolute Gasteiger partial charge is 0.273 e. The van der Waals surface area contributed by atoms with Crippen molar-refractivity contribution < 1.29 is 9.59 Å². The predicted octanol–water partition coefficient (Wildman–Crippen LogP) is 2.33. The first-order valence-corrected chi connectivity index (χ1v) is 6.89. The molecule has 104 valence electrons. The van der Waals surface area contributed by atoms with E-state index in [9.17, 15) is 9.59 Å². The van der Waals surface area contributed by atoms with Crippen LogP contribution in [0.4, 0.5) is 0 Å². The largest absolute Gasteiger partial charge is 0.324 e. The maximum Gasteiger partial charge on any atom is 0.273 e. The van der Waals surface area contributed by atoms with Crippen LogP contribution in [0.3, 0.4) is 0 Å². The molecule has 0 saturated heterocycles. The van der Waals surface area contributed by atoms with E-state index in [0.29, 0.717) is 29.6 Å². The number of carbonyl (C=O) groups excluding carboxylic acids is 2. The number of nitrogens with zero attached hydrogens (tertiary/aromatic N) is 1. The summed E-state index contributed by atoms with van der Waals surface area (Å²) in [6.07, 6.45) is 2.20. The van der Waals surface area contributed by atoms with E-state index in [0.717, 1.165) is 5.57 Å². The van der Waals surface area contributed by atoms with Gasteiger partial charge in [0.05, 0.1) is 0 Å². The van der Waals surface area contributed by atoms with Crippen LogP contribution in [-0.4, -0.2) is 16.7 Å². The number of nitrogens with one attached hydrogen (secondary N) is 1. The maximum absolute atomic E-state index is 12.1. The molecule has 0 aromatic carbocycles. The molecule has 1 N–H and O–H groups in total. The first kappa shape index (κ1) is 13.0. The fourth-order valence-corrected chi connectivity index (χ4v) is 3.42. The van der Waals surface area contributed by atoms with Crippen LogP contribution in [0.15, 0.2) is 35.7 Å². The van der Waals surface area contributed by atoms with Crippen LogP contribution in [0.1, 0.15) is 37.7 Å². The number of hydrogen-bond donors (Lipinski definition) is 1. The lowest BCUT2D eigenvalue weighted by Crippen LogP contribution is -2.25. The summed E-state index contributed by atoms with van der Waals surface area (Å²) in [4.78, 5) is 28.1. The van der Waals surface area contributed by atoms with Crippen LogP contribution in [0, 0.1) is 17.3 Å². The van der Waals surface area contributed by atoms with Crippen molar-refractivity contribution in [2.24, 2.45) is 17.3 Å². The summed E-state index contributed by atoms with van der Waals surface area (Å²) in [5.74, 6) is 0.675. The third kappa shape index (κ3) is 1.87. The SMILES string of the molecule is CC(NC(=O)c1ccccn1)=C1C(=O)C[C@@H]2[C@@H]1C2(C)C. The fourth-order valence-electron chi connectivity index (χ4n) is 3.42. The van der Waals surface area contributed by atoms with Crippen molar-refractivity contribution in [2.75, 3.05) is 0 Å². The minimum absolute atomic E-state index is 0.179. The highest BCUT2D eigenvalue weighted by atomic mass is 16.2. The number of allylic oxidation sites excluding steroid dienone is 2.